The van der Waals surface area contributed by atoms with E-state index in [4.69, 9.17) is 18.9 Å². The third-order valence-corrected chi connectivity index (χ3v) is 5.34. The van der Waals surface area contributed by atoms with E-state index in [2.05, 4.69) is 20.8 Å². The van der Waals surface area contributed by atoms with Crippen LogP contribution in [0.25, 0.3) is 0 Å². The molecule has 0 aromatic heterocycles. The van der Waals surface area contributed by atoms with Crippen molar-refractivity contribution in [3.05, 3.63) is 71.5 Å². The number of ether oxygens (including phenoxy) is 4. The van der Waals surface area contributed by atoms with Gasteiger partial charge in [0.15, 0.2) is 0 Å². The first-order valence-electron chi connectivity index (χ1n) is 11.1. The average molecular weight is 457 g/mol. The molecule has 9 heteroatoms. The van der Waals surface area contributed by atoms with Crippen LogP contribution in [0, 0.1) is 5.82 Å². The van der Waals surface area contributed by atoms with Crippen LogP contribution in [0.4, 0.5) is 4.39 Å². The highest BCUT2D eigenvalue weighted by atomic mass is 19.1. The first-order chi connectivity index (χ1) is 16.2. The molecule has 4 atom stereocenters. The van der Waals surface area contributed by atoms with Gasteiger partial charge in [0.1, 0.15) is 43.3 Å². The molecule has 3 unspecified atom stereocenters. The van der Waals surface area contributed by atoms with E-state index in [0.29, 0.717) is 38.5 Å². The minimum absolute atomic E-state index is 0.170. The van der Waals surface area contributed by atoms with Crippen LogP contribution in [0.3, 0.4) is 0 Å². The number of nitrogens with zero attached hydrogens (tertiary/aromatic N) is 2. The van der Waals surface area contributed by atoms with Crippen molar-refractivity contribution in [1.82, 2.24) is 10.9 Å². The van der Waals surface area contributed by atoms with Gasteiger partial charge < -0.3 is 18.9 Å². The molecule has 33 heavy (non-hydrogen) atoms. The predicted molar refractivity (Wildman–Crippen MR) is 122 cm³/mol. The molecule has 8 nitrogen and oxygen atoms in total. The lowest BCUT2D eigenvalue weighted by molar-refractivity contribution is 0.0370. The summed E-state index contributed by atoms with van der Waals surface area (Å²) in [7, 11) is 0. The number of hydrogen-bond acceptors (Lipinski definition) is 8. The molecule has 0 amide bonds. The summed E-state index contributed by atoms with van der Waals surface area (Å²) in [5, 5.41) is 0. The summed E-state index contributed by atoms with van der Waals surface area (Å²) in [6.45, 7) is 5.69. The molecule has 176 valence electrons. The Labute approximate surface area is 192 Å². The number of hydrazine groups is 1. The van der Waals surface area contributed by atoms with Crippen LogP contribution in [0.2, 0.25) is 0 Å². The zero-order valence-corrected chi connectivity index (χ0v) is 18.7. The maximum absolute atomic E-state index is 13.3. The highest BCUT2D eigenvalue weighted by molar-refractivity contribution is 5.81. The maximum atomic E-state index is 13.3. The van der Waals surface area contributed by atoms with E-state index < -0.39 is 0 Å². The zero-order chi connectivity index (χ0) is 23.0. The van der Waals surface area contributed by atoms with Gasteiger partial charge in [0.25, 0.3) is 0 Å². The summed E-state index contributed by atoms with van der Waals surface area (Å²) < 4.78 is 36.5. The highest BCUT2D eigenvalue weighted by Crippen LogP contribution is 2.27. The Balaban J connectivity index is 1.37. The third-order valence-electron chi connectivity index (χ3n) is 5.34. The van der Waals surface area contributed by atoms with Crippen LogP contribution in [0.5, 0.6) is 0 Å². The van der Waals surface area contributed by atoms with Crippen LogP contribution < -0.4 is 10.9 Å². The molecule has 2 aliphatic rings. The summed E-state index contributed by atoms with van der Waals surface area (Å²) in [5.74, 6) is -0.291. The summed E-state index contributed by atoms with van der Waals surface area (Å²) >= 11 is 0. The smallest absolute Gasteiger partial charge is 0.304 e. The molecular formula is C24H29FN4O4. The predicted octanol–water partition coefficient (Wildman–Crippen LogP) is 3.28. The van der Waals surface area contributed by atoms with Crippen LogP contribution in [0.1, 0.15) is 37.2 Å². The van der Waals surface area contributed by atoms with E-state index in [1.165, 1.54) is 12.1 Å². The Morgan fingerprint density at radius 1 is 0.818 bits per heavy atom. The van der Waals surface area contributed by atoms with Crippen molar-refractivity contribution in [2.24, 2.45) is 9.98 Å². The van der Waals surface area contributed by atoms with Crippen LogP contribution >= 0.6 is 0 Å². The average Bonchev–Trinajstić information content (AvgIpc) is 3.51. The van der Waals surface area contributed by atoms with E-state index >= 15 is 0 Å². The normalized spacial score (nSPS) is 21.4. The van der Waals surface area contributed by atoms with Gasteiger partial charge >= 0.3 is 12.0 Å². The van der Waals surface area contributed by atoms with Crippen molar-refractivity contribution in [3.63, 3.8) is 0 Å². The number of nitrogens with one attached hydrogen (secondary N) is 2. The molecule has 2 aromatic carbocycles. The number of halogens is 1. The van der Waals surface area contributed by atoms with Crippen molar-refractivity contribution < 1.29 is 23.3 Å². The van der Waals surface area contributed by atoms with Gasteiger partial charge in [-0.2, -0.15) is 0 Å². The second-order valence-corrected chi connectivity index (χ2v) is 7.59. The Kier molecular flexibility index (Phi) is 7.74. The minimum atomic E-state index is -0.336. The fourth-order valence-electron chi connectivity index (χ4n) is 3.85. The largest absolute Gasteiger partial charge is 0.462 e. The quantitative estimate of drug-likeness (QED) is 0.593. The van der Waals surface area contributed by atoms with Gasteiger partial charge in [0, 0.05) is 13.2 Å². The maximum Gasteiger partial charge on any atom is 0.304 e. The molecule has 0 radical (unpaired) electrons. The Morgan fingerprint density at radius 2 is 1.30 bits per heavy atom. The lowest BCUT2D eigenvalue weighted by Crippen LogP contribution is -2.41. The second-order valence-electron chi connectivity index (χ2n) is 7.59. The zero-order valence-electron chi connectivity index (χ0n) is 18.7. The number of amidine groups is 2. The molecule has 2 heterocycles. The molecule has 4 rings (SSSR count). The first-order valence-corrected chi connectivity index (χ1v) is 11.1. The van der Waals surface area contributed by atoms with Gasteiger partial charge in [-0.1, -0.05) is 42.5 Å². The van der Waals surface area contributed by atoms with Crippen LogP contribution in [-0.4, -0.2) is 50.6 Å². The van der Waals surface area contributed by atoms with Crippen molar-refractivity contribution >= 4 is 12.0 Å². The Morgan fingerprint density at radius 3 is 1.79 bits per heavy atom. The molecule has 0 spiro atoms. The molecule has 0 aliphatic carbocycles. The first kappa shape index (κ1) is 23.0. The standard InChI is InChI=1S/C24H29FN4O4/c1-3-30-21(16-8-6-5-7-9-16)19-14-32-23(26-19)28-29-24-27-20(15-33-24)22(31-4-2)17-10-12-18(25)13-11-17/h5-13,19-22H,3-4,14-15H2,1-2H3,(H,26,28)(H,27,29)/t19?,20-,21?,22?/m0/s1. The second kappa shape index (κ2) is 11.1. The monoisotopic (exact) mass is 456 g/mol. The van der Waals surface area contributed by atoms with E-state index in [1.807, 2.05) is 44.2 Å². The summed E-state index contributed by atoms with van der Waals surface area (Å²) in [6, 6.07) is 16.4. The molecule has 0 saturated carbocycles. The van der Waals surface area contributed by atoms with Crippen molar-refractivity contribution in [1.29, 1.82) is 0 Å². The number of hydrogen-bond donors (Lipinski definition) is 2. The minimum Gasteiger partial charge on any atom is -0.462 e. The van der Waals surface area contributed by atoms with Gasteiger partial charge in [-0.15, -0.1) is 0 Å². The molecule has 2 N–H and O–H groups in total. The summed E-state index contributed by atoms with van der Waals surface area (Å²) in [6.07, 6.45) is -0.528. The van der Waals surface area contributed by atoms with E-state index in [1.54, 1.807) is 12.1 Å². The number of rotatable bonds is 8. The van der Waals surface area contributed by atoms with Gasteiger partial charge in [0.2, 0.25) is 0 Å². The molecular weight excluding hydrogens is 427 g/mol. The van der Waals surface area contributed by atoms with E-state index in [-0.39, 0.29) is 30.1 Å². The van der Waals surface area contributed by atoms with Crippen molar-refractivity contribution in [3.8, 4) is 0 Å². The van der Waals surface area contributed by atoms with Gasteiger partial charge in [0.05, 0.1) is 0 Å². The molecule has 2 aliphatic heterocycles. The summed E-state index contributed by atoms with van der Waals surface area (Å²) in [5.41, 5.74) is 7.73. The Hall–Kier alpha value is -3.17. The van der Waals surface area contributed by atoms with Crippen LogP contribution in [-0.2, 0) is 18.9 Å². The van der Waals surface area contributed by atoms with Crippen molar-refractivity contribution in [2.75, 3.05) is 26.4 Å². The SMILES string of the molecule is CCOC(c1ccccc1)C1COC(NNC2=N[C@H](C(OCC)c3ccc(F)cc3)CO2)=N1. The van der Waals surface area contributed by atoms with Gasteiger partial charge in [-0.3, -0.25) is 0 Å². The number of aliphatic imine (C=N–C) groups is 2. The van der Waals surface area contributed by atoms with E-state index in [0.717, 1.165) is 11.1 Å². The van der Waals surface area contributed by atoms with Gasteiger partial charge in [-0.25, -0.2) is 25.2 Å². The third kappa shape index (κ3) is 5.80. The Bertz CT molecular complexity index is 955. The molecule has 0 saturated heterocycles. The fraction of sp³-hybridized carbons (Fsp3) is 0.417. The lowest BCUT2D eigenvalue weighted by atomic mass is 10.0. The molecule has 0 fully saturated rings. The van der Waals surface area contributed by atoms with Crippen molar-refractivity contribution in [2.45, 2.75) is 38.1 Å². The van der Waals surface area contributed by atoms with Gasteiger partial charge in [-0.05, 0) is 37.1 Å². The fourth-order valence-corrected chi connectivity index (χ4v) is 3.85. The molecule has 0 bridgehead atoms. The topological polar surface area (TPSA) is 85.7 Å². The molecule has 2 aromatic rings. The van der Waals surface area contributed by atoms with E-state index in [9.17, 15) is 4.39 Å². The summed E-state index contributed by atoms with van der Waals surface area (Å²) in [4.78, 5) is 9.17. The highest BCUT2D eigenvalue weighted by Gasteiger charge is 2.32. The number of benzene rings is 2. The lowest BCUT2D eigenvalue weighted by Gasteiger charge is -2.20. The van der Waals surface area contributed by atoms with Crippen LogP contribution in [0.15, 0.2) is 64.6 Å².